The van der Waals surface area contributed by atoms with Gasteiger partial charge < -0.3 is 5.32 Å². The molecule has 0 radical (unpaired) electrons. The van der Waals surface area contributed by atoms with E-state index in [1.165, 1.54) is 18.3 Å². The SMILES string of the molecule is CC(=O)Nc1ccc(C(=O)N/N=C\c2ccc(Br)s2)cc1. The van der Waals surface area contributed by atoms with Gasteiger partial charge in [-0.05, 0) is 52.3 Å². The Balaban J connectivity index is 1.94. The normalized spacial score (nSPS) is 10.6. The number of hydrazone groups is 1. The summed E-state index contributed by atoms with van der Waals surface area (Å²) < 4.78 is 1.00. The number of carbonyl (C=O) groups excluding carboxylic acids is 2. The second-order valence-electron chi connectivity index (χ2n) is 4.10. The Hall–Kier alpha value is -1.99. The van der Waals surface area contributed by atoms with Gasteiger partial charge >= 0.3 is 0 Å². The number of rotatable bonds is 4. The van der Waals surface area contributed by atoms with Gasteiger partial charge in [-0.25, -0.2) is 5.43 Å². The Kier molecular flexibility index (Phi) is 5.24. The van der Waals surface area contributed by atoms with Crippen molar-refractivity contribution in [2.75, 3.05) is 5.32 Å². The molecule has 0 aliphatic rings. The Morgan fingerprint density at radius 1 is 1.19 bits per heavy atom. The molecule has 0 bridgehead atoms. The summed E-state index contributed by atoms with van der Waals surface area (Å²) in [6.45, 7) is 1.43. The van der Waals surface area contributed by atoms with Crippen molar-refractivity contribution in [3.63, 3.8) is 0 Å². The van der Waals surface area contributed by atoms with E-state index in [0.29, 0.717) is 11.3 Å². The predicted octanol–water partition coefficient (Wildman–Crippen LogP) is 3.23. The topological polar surface area (TPSA) is 70.6 Å². The van der Waals surface area contributed by atoms with Crippen LogP contribution in [0.15, 0.2) is 45.3 Å². The predicted molar refractivity (Wildman–Crippen MR) is 87.8 cm³/mol. The van der Waals surface area contributed by atoms with E-state index in [2.05, 4.69) is 31.8 Å². The summed E-state index contributed by atoms with van der Waals surface area (Å²) in [5, 5.41) is 6.53. The van der Waals surface area contributed by atoms with Crippen molar-refractivity contribution in [1.29, 1.82) is 0 Å². The van der Waals surface area contributed by atoms with E-state index in [1.54, 1.807) is 30.5 Å². The van der Waals surface area contributed by atoms with Crippen molar-refractivity contribution in [1.82, 2.24) is 5.43 Å². The van der Waals surface area contributed by atoms with Gasteiger partial charge in [0.15, 0.2) is 0 Å². The van der Waals surface area contributed by atoms with Gasteiger partial charge in [-0.1, -0.05) is 0 Å². The highest BCUT2D eigenvalue weighted by Gasteiger charge is 2.04. The smallest absolute Gasteiger partial charge is 0.271 e. The van der Waals surface area contributed by atoms with Crippen LogP contribution in [0.2, 0.25) is 0 Å². The number of nitrogens with one attached hydrogen (secondary N) is 2. The number of anilines is 1. The molecular formula is C14H12BrN3O2S. The van der Waals surface area contributed by atoms with Crippen molar-refractivity contribution in [2.45, 2.75) is 6.92 Å². The highest BCUT2D eigenvalue weighted by Crippen LogP contribution is 2.20. The summed E-state index contributed by atoms with van der Waals surface area (Å²) in [7, 11) is 0. The van der Waals surface area contributed by atoms with Gasteiger partial charge in [-0.15, -0.1) is 11.3 Å². The molecule has 108 valence electrons. The van der Waals surface area contributed by atoms with Crippen LogP contribution in [-0.2, 0) is 4.79 Å². The van der Waals surface area contributed by atoms with Crippen LogP contribution in [-0.4, -0.2) is 18.0 Å². The van der Waals surface area contributed by atoms with E-state index in [9.17, 15) is 9.59 Å². The van der Waals surface area contributed by atoms with Crippen molar-refractivity contribution >= 4 is 51.0 Å². The lowest BCUT2D eigenvalue weighted by atomic mass is 10.2. The fourth-order valence-corrected chi connectivity index (χ4v) is 2.82. The number of hydrogen-bond donors (Lipinski definition) is 2. The minimum Gasteiger partial charge on any atom is -0.326 e. The molecule has 1 aromatic heterocycles. The molecule has 0 fully saturated rings. The van der Waals surface area contributed by atoms with E-state index in [0.717, 1.165) is 8.66 Å². The molecule has 0 saturated heterocycles. The van der Waals surface area contributed by atoms with Crippen LogP contribution in [0, 0.1) is 0 Å². The van der Waals surface area contributed by atoms with E-state index >= 15 is 0 Å². The van der Waals surface area contributed by atoms with Crippen LogP contribution < -0.4 is 10.7 Å². The van der Waals surface area contributed by atoms with Crippen molar-refractivity contribution < 1.29 is 9.59 Å². The Bertz CT molecular complexity index is 680. The lowest BCUT2D eigenvalue weighted by molar-refractivity contribution is -0.114. The van der Waals surface area contributed by atoms with Crippen LogP contribution in [0.5, 0.6) is 0 Å². The highest BCUT2D eigenvalue weighted by atomic mass is 79.9. The molecule has 5 nitrogen and oxygen atoms in total. The summed E-state index contributed by atoms with van der Waals surface area (Å²) >= 11 is 4.87. The number of nitrogens with zero attached hydrogens (tertiary/aromatic N) is 1. The lowest BCUT2D eigenvalue weighted by Crippen LogP contribution is -2.17. The molecule has 2 aromatic rings. The maximum Gasteiger partial charge on any atom is 0.271 e. The number of benzene rings is 1. The molecule has 7 heteroatoms. The third-order valence-electron chi connectivity index (χ3n) is 2.42. The first-order chi connectivity index (χ1) is 10.0. The lowest BCUT2D eigenvalue weighted by Gasteiger charge is -2.03. The summed E-state index contributed by atoms with van der Waals surface area (Å²) in [6.07, 6.45) is 1.58. The molecule has 21 heavy (non-hydrogen) atoms. The molecule has 0 spiro atoms. The average Bonchev–Trinajstić information content (AvgIpc) is 2.84. The van der Waals surface area contributed by atoms with Gasteiger partial charge in [0.2, 0.25) is 5.91 Å². The van der Waals surface area contributed by atoms with Crippen LogP contribution in [0.1, 0.15) is 22.2 Å². The average molecular weight is 366 g/mol. The van der Waals surface area contributed by atoms with Gasteiger partial charge in [0.05, 0.1) is 10.0 Å². The largest absolute Gasteiger partial charge is 0.326 e. The fraction of sp³-hybridized carbons (Fsp3) is 0.0714. The minimum absolute atomic E-state index is 0.154. The minimum atomic E-state index is -0.309. The zero-order chi connectivity index (χ0) is 15.2. The number of hydrogen-bond acceptors (Lipinski definition) is 4. The molecule has 0 aliphatic heterocycles. The molecule has 2 amide bonds. The third-order valence-corrected chi connectivity index (χ3v) is 3.98. The summed E-state index contributed by atoms with van der Waals surface area (Å²) in [5.41, 5.74) is 3.56. The van der Waals surface area contributed by atoms with Gasteiger partial charge in [-0.3, -0.25) is 9.59 Å². The third kappa shape index (κ3) is 4.80. The Morgan fingerprint density at radius 2 is 1.90 bits per heavy atom. The zero-order valence-electron chi connectivity index (χ0n) is 11.1. The number of carbonyl (C=O) groups is 2. The van der Waals surface area contributed by atoms with E-state index < -0.39 is 0 Å². The van der Waals surface area contributed by atoms with Gasteiger partial charge in [0, 0.05) is 23.1 Å². The quantitative estimate of drug-likeness (QED) is 0.644. The maximum absolute atomic E-state index is 11.9. The molecule has 2 rings (SSSR count). The van der Waals surface area contributed by atoms with Gasteiger partial charge in [-0.2, -0.15) is 5.10 Å². The van der Waals surface area contributed by atoms with Crippen LogP contribution >= 0.6 is 27.3 Å². The first-order valence-electron chi connectivity index (χ1n) is 6.01. The van der Waals surface area contributed by atoms with E-state index in [-0.39, 0.29) is 11.8 Å². The van der Waals surface area contributed by atoms with Crippen molar-refractivity contribution in [3.05, 3.63) is 50.6 Å². The zero-order valence-corrected chi connectivity index (χ0v) is 13.5. The summed E-state index contributed by atoms with van der Waals surface area (Å²) in [6, 6.07) is 10.4. The van der Waals surface area contributed by atoms with Crippen LogP contribution in [0.4, 0.5) is 5.69 Å². The Labute approximate surface area is 134 Å². The maximum atomic E-state index is 11.9. The van der Waals surface area contributed by atoms with Crippen molar-refractivity contribution in [3.8, 4) is 0 Å². The van der Waals surface area contributed by atoms with E-state index in [4.69, 9.17) is 0 Å². The molecule has 0 aliphatic carbocycles. The standard InChI is InChI=1S/C14H12BrN3O2S/c1-9(19)17-11-4-2-10(3-5-11)14(20)18-16-8-12-6-7-13(15)21-12/h2-8H,1H3,(H,17,19)(H,18,20)/b16-8-. The molecule has 0 saturated carbocycles. The number of amides is 2. The van der Waals surface area contributed by atoms with Crippen molar-refractivity contribution in [2.24, 2.45) is 5.10 Å². The highest BCUT2D eigenvalue weighted by molar-refractivity contribution is 9.11. The first kappa shape index (κ1) is 15.4. The number of thiophene rings is 1. The fourth-order valence-electron chi connectivity index (χ4n) is 1.52. The molecule has 1 aromatic carbocycles. The van der Waals surface area contributed by atoms with E-state index in [1.807, 2.05) is 12.1 Å². The van der Waals surface area contributed by atoms with Crippen LogP contribution in [0.3, 0.4) is 0 Å². The van der Waals surface area contributed by atoms with Crippen LogP contribution in [0.25, 0.3) is 0 Å². The number of halogens is 1. The second-order valence-corrected chi connectivity index (χ2v) is 6.59. The molecular weight excluding hydrogens is 354 g/mol. The first-order valence-corrected chi connectivity index (χ1v) is 7.62. The molecule has 0 atom stereocenters. The van der Waals surface area contributed by atoms with Gasteiger partial charge in [0.25, 0.3) is 5.91 Å². The van der Waals surface area contributed by atoms with Gasteiger partial charge in [0.1, 0.15) is 0 Å². The summed E-state index contributed by atoms with van der Waals surface area (Å²) in [5.74, 6) is -0.463. The molecule has 2 N–H and O–H groups in total. The second kappa shape index (κ2) is 7.14. The monoisotopic (exact) mass is 365 g/mol. The molecule has 0 unspecified atom stereocenters. The summed E-state index contributed by atoms with van der Waals surface area (Å²) in [4.78, 5) is 23.7. The Morgan fingerprint density at radius 3 is 2.48 bits per heavy atom. The molecule has 1 heterocycles.